The van der Waals surface area contributed by atoms with Gasteiger partial charge in [0.2, 0.25) is 15.9 Å². The van der Waals surface area contributed by atoms with Crippen LogP contribution in [0.25, 0.3) is 11.1 Å². The largest absolute Gasteiger partial charge is 0.339 e. The Hall–Kier alpha value is -2.77. The van der Waals surface area contributed by atoms with Crippen molar-refractivity contribution >= 4 is 15.9 Å². The summed E-state index contributed by atoms with van der Waals surface area (Å²) in [5.74, 6) is -0.0883. The van der Waals surface area contributed by atoms with Crippen LogP contribution in [0, 0.1) is 11.3 Å². The summed E-state index contributed by atoms with van der Waals surface area (Å²) >= 11 is 0. The molecule has 2 aromatic rings. The number of aryl methyl sites for hydroxylation is 1. The van der Waals surface area contributed by atoms with Crippen molar-refractivity contribution in [3.8, 4) is 17.2 Å². The van der Waals surface area contributed by atoms with Gasteiger partial charge in [-0.15, -0.1) is 0 Å². The van der Waals surface area contributed by atoms with E-state index in [4.69, 9.17) is 0 Å². The molecule has 2 N–H and O–H groups in total. The van der Waals surface area contributed by atoms with Crippen LogP contribution in [0.15, 0.2) is 53.4 Å². The summed E-state index contributed by atoms with van der Waals surface area (Å²) in [5.41, 5.74) is 3.02. The third-order valence-corrected chi connectivity index (χ3v) is 8.98. The van der Waals surface area contributed by atoms with Crippen molar-refractivity contribution in [3.63, 3.8) is 0 Å². The zero-order valence-electron chi connectivity index (χ0n) is 20.8. The lowest BCUT2D eigenvalue weighted by molar-refractivity contribution is -0.124. The van der Waals surface area contributed by atoms with Crippen LogP contribution in [0.5, 0.6) is 0 Å². The molecular formula is C27H39N5O3S. The quantitative estimate of drug-likeness (QED) is 0.562. The molecule has 2 aromatic carbocycles. The highest BCUT2D eigenvalue weighted by Gasteiger charge is 2.27. The standard InChI is InChI=1S/C27H35N5O3S.2H2/c1-31-16-18-32(19-17-31)36(34,35)25-13-10-23(11-14-25)22-8-5-21(6-9-22)7-12-24(20-28)30-27(33)26-4-2-3-15-29-26;;/h5-6,8-11,13-14,24,26,29H,2-4,7,12,15-19H2,1H3,(H,30,33);2*1H/t24-,26-;;/m0../s1. The number of piperidine rings is 1. The molecule has 0 unspecified atom stereocenters. The molecule has 2 heterocycles. The number of benzene rings is 2. The Labute approximate surface area is 217 Å². The number of amides is 1. The zero-order chi connectivity index (χ0) is 25.5. The lowest BCUT2D eigenvalue weighted by Gasteiger charge is -2.31. The van der Waals surface area contributed by atoms with Gasteiger partial charge in [-0.3, -0.25) is 4.79 Å². The molecule has 0 saturated carbocycles. The molecular weight excluding hydrogens is 474 g/mol. The zero-order valence-corrected chi connectivity index (χ0v) is 21.6. The molecule has 2 fully saturated rings. The highest BCUT2D eigenvalue weighted by molar-refractivity contribution is 7.89. The molecule has 2 atom stereocenters. The van der Waals surface area contributed by atoms with Gasteiger partial charge in [0.15, 0.2) is 0 Å². The maximum absolute atomic E-state index is 12.9. The molecule has 36 heavy (non-hydrogen) atoms. The van der Waals surface area contributed by atoms with Gasteiger partial charge < -0.3 is 15.5 Å². The predicted molar refractivity (Wildman–Crippen MR) is 144 cm³/mol. The number of piperazine rings is 1. The van der Waals surface area contributed by atoms with E-state index < -0.39 is 16.1 Å². The molecule has 0 radical (unpaired) electrons. The van der Waals surface area contributed by atoms with Gasteiger partial charge in [-0.25, -0.2) is 8.42 Å². The number of rotatable bonds is 8. The molecule has 0 aliphatic carbocycles. The summed E-state index contributed by atoms with van der Waals surface area (Å²) in [7, 11) is -1.48. The van der Waals surface area contributed by atoms with Gasteiger partial charge >= 0.3 is 0 Å². The van der Waals surface area contributed by atoms with E-state index in [0.717, 1.165) is 55.6 Å². The van der Waals surface area contributed by atoms with Crippen molar-refractivity contribution in [2.45, 2.75) is 49.1 Å². The molecule has 2 aliphatic rings. The Bertz CT molecular complexity index is 1170. The number of hydrogen-bond acceptors (Lipinski definition) is 6. The Morgan fingerprint density at radius 3 is 2.31 bits per heavy atom. The van der Waals surface area contributed by atoms with Crippen molar-refractivity contribution in [3.05, 3.63) is 54.1 Å². The van der Waals surface area contributed by atoms with Crippen LogP contribution in [-0.4, -0.2) is 75.4 Å². The molecule has 196 valence electrons. The first-order valence-corrected chi connectivity index (χ1v) is 14.1. The molecule has 0 spiro atoms. The smallest absolute Gasteiger partial charge is 0.243 e. The fraction of sp³-hybridized carbons (Fsp3) is 0.481. The van der Waals surface area contributed by atoms with Crippen molar-refractivity contribution in [1.29, 1.82) is 5.26 Å². The molecule has 2 aliphatic heterocycles. The maximum atomic E-state index is 12.9. The normalized spacial score (nSPS) is 20.4. The molecule has 8 nitrogen and oxygen atoms in total. The first-order chi connectivity index (χ1) is 17.4. The topological polar surface area (TPSA) is 106 Å². The van der Waals surface area contributed by atoms with E-state index in [9.17, 15) is 18.5 Å². The van der Waals surface area contributed by atoms with Gasteiger partial charge in [0.25, 0.3) is 0 Å². The second-order valence-electron chi connectivity index (χ2n) is 9.66. The van der Waals surface area contributed by atoms with E-state index in [1.807, 2.05) is 43.4 Å². The van der Waals surface area contributed by atoms with Crippen molar-refractivity contribution in [2.24, 2.45) is 0 Å². The van der Waals surface area contributed by atoms with Crippen LogP contribution in [0.4, 0.5) is 0 Å². The molecule has 0 aromatic heterocycles. The van der Waals surface area contributed by atoms with E-state index in [1.165, 1.54) is 0 Å². The number of sulfonamides is 1. The Kier molecular flexibility index (Phi) is 8.75. The van der Waals surface area contributed by atoms with Crippen molar-refractivity contribution in [1.82, 2.24) is 19.8 Å². The van der Waals surface area contributed by atoms with Crippen LogP contribution in [0.1, 0.15) is 34.1 Å². The van der Waals surface area contributed by atoms with Crippen LogP contribution >= 0.6 is 0 Å². The third-order valence-electron chi connectivity index (χ3n) is 7.06. The van der Waals surface area contributed by atoms with Gasteiger partial charge in [-0.1, -0.05) is 42.8 Å². The second kappa shape index (κ2) is 12.0. The summed E-state index contributed by atoms with van der Waals surface area (Å²) < 4.78 is 27.5. The summed E-state index contributed by atoms with van der Waals surface area (Å²) in [4.78, 5) is 14.9. The number of hydrogen-bond donors (Lipinski definition) is 2. The molecule has 0 bridgehead atoms. The molecule has 4 rings (SSSR count). The third kappa shape index (κ3) is 6.51. The van der Waals surface area contributed by atoms with E-state index in [1.54, 1.807) is 16.4 Å². The van der Waals surface area contributed by atoms with Gasteiger partial charge in [0.05, 0.1) is 17.0 Å². The minimum absolute atomic E-state index is 0. The van der Waals surface area contributed by atoms with E-state index in [0.29, 0.717) is 30.8 Å². The van der Waals surface area contributed by atoms with Crippen molar-refractivity contribution < 1.29 is 16.1 Å². The minimum Gasteiger partial charge on any atom is -0.339 e. The SMILES string of the molecule is CN1CCN(S(=O)(=O)c2ccc(-c3ccc(CC[C@@H](C#N)NC(=O)[C@@H]4CCCCN4)cc3)cc2)CC1.[HH].[HH]. The van der Waals surface area contributed by atoms with E-state index in [-0.39, 0.29) is 14.8 Å². The molecule has 1 amide bonds. The Morgan fingerprint density at radius 1 is 1.08 bits per heavy atom. The average Bonchev–Trinajstić information content (AvgIpc) is 2.92. The second-order valence-corrected chi connectivity index (χ2v) is 11.6. The molecule has 9 heteroatoms. The highest BCUT2D eigenvalue weighted by atomic mass is 32.2. The fourth-order valence-electron chi connectivity index (χ4n) is 4.69. The summed E-state index contributed by atoms with van der Waals surface area (Å²) in [6.45, 7) is 3.34. The lowest BCUT2D eigenvalue weighted by atomic mass is 10.0. The van der Waals surface area contributed by atoms with E-state index >= 15 is 0 Å². The number of nitrogens with one attached hydrogen (secondary N) is 2. The van der Waals surface area contributed by atoms with Crippen LogP contribution in [0.3, 0.4) is 0 Å². The number of likely N-dealkylation sites (N-methyl/N-ethyl adjacent to an activating group) is 1. The summed E-state index contributed by atoms with van der Waals surface area (Å²) in [5, 5.41) is 15.6. The molecule has 2 saturated heterocycles. The minimum atomic E-state index is -3.48. The van der Waals surface area contributed by atoms with Crippen LogP contribution in [-0.2, 0) is 21.2 Å². The number of carbonyl (C=O) groups excluding carboxylic acids is 1. The first-order valence-electron chi connectivity index (χ1n) is 12.7. The van der Waals surface area contributed by atoms with Gasteiger partial charge in [-0.2, -0.15) is 9.57 Å². The van der Waals surface area contributed by atoms with Gasteiger partial charge in [0.1, 0.15) is 6.04 Å². The maximum Gasteiger partial charge on any atom is 0.243 e. The fourth-order valence-corrected chi connectivity index (χ4v) is 6.11. The number of nitrogens with zero attached hydrogens (tertiary/aromatic N) is 3. The Morgan fingerprint density at radius 2 is 1.72 bits per heavy atom. The lowest BCUT2D eigenvalue weighted by Crippen LogP contribution is -2.49. The van der Waals surface area contributed by atoms with Crippen LogP contribution in [0.2, 0.25) is 0 Å². The summed E-state index contributed by atoms with van der Waals surface area (Å²) in [6.07, 6.45) is 4.16. The van der Waals surface area contributed by atoms with E-state index in [2.05, 4.69) is 21.6 Å². The first kappa shape index (κ1) is 26.3. The highest BCUT2D eigenvalue weighted by Crippen LogP contribution is 2.24. The summed E-state index contributed by atoms with van der Waals surface area (Å²) in [6, 6.07) is 16.6. The number of carbonyl (C=O) groups is 1. The van der Waals surface area contributed by atoms with Crippen molar-refractivity contribution in [2.75, 3.05) is 39.8 Å². The van der Waals surface area contributed by atoms with Gasteiger partial charge in [-0.05, 0) is 68.1 Å². The average molecular weight is 514 g/mol. The predicted octanol–water partition coefficient (Wildman–Crippen LogP) is 2.86. The Balaban J connectivity index is 0.00000253. The number of nitriles is 1. The monoisotopic (exact) mass is 513 g/mol. The van der Waals surface area contributed by atoms with Gasteiger partial charge in [0, 0.05) is 29.0 Å². The van der Waals surface area contributed by atoms with Crippen LogP contribution < -0.4 is 10.6 Å².